The van der Waals surface area contributed by atoms with E-state index in [1.165, 1.54) is 51.4 Å². The van der Waals surface area contributed by atoms with E-state index in [1.807, 2.05) is 0 Å². The van der Waals surface area contributed by atoms with Gasteiger partial charge >= 0.3 is 6.04 Å². The Morgan fingerprint density at radius 2 is 1.33 bits per heavy atom. The zero-order valence-electron chi connectivity index (χ0n) is 11.9. The predicted molar refractivity (Wildman–Crippen MR) is 76.3 cm³/mol. The molecule has 0 rings (SSSR count). The average Bonchev–Trinajstić information content (AvgIpc) is 2.34. The van der Waals surface area contributed by atoms with Gasteiger partial charge in [-0.1, -0.05) is 64.0 Å². The Bertz CT molecular complexity index is 211. The molecular formula is C16H29FO. The first-order valence-electron chi connectivity index (χ1n) is 7.60. The lowest BCUT2D eigenvalue weighted by Crippen LogP contribution is -1.87. The molecular weight excluding hydrogens is 227 g/mol. The van der Waals surface area contributed by atoms with Crippen molar-refractivity contribution in [3.05, 3.63) is 12.2 Å². The van der Waals surface area contributed by atoms with Gasteiger partial charge in [-0.15, -0.1) is 0 Å². The fourth-order valence-electron chi connectivity index (χ4n) is 1.97. The number of unbranched alkanes of at least 4 members (excludes halogenated alkanes) is 9. The summed E-state index contributed by atoms with van der Waals surface area (Å²) in [5, 5.41) is 0. The highest BCUT2D eigenvalue weighted by molar-refractivity contribution is 5.67. The topological polar surface area (TPSA) is 17.1 Å². The van der Waals surface area contributed by atoms with Gasteiger partial charge in [0, 0.05) is 6.42 Å². The van der Waals surface area contributed by atoms with Gasteiger partial charge in [0.2, 0.25) is 0 Å². The van der Waals surface area contributed by atoms with Crippen LogP contribution in [0.25, 0.3) is 0 Å². The number of hydrogen-bond acceptors (Lipinski definition) is 1. The van der Waals surface area contributed by atoms with Gasteiger partial charge in [-0.05, 0) is 25.7 Å². The summed E-state index contributed by atoms with van der Waals surface area (Å²) in [7, 11) is 0. The van der Waals surface area contributed by atoms with E-state index in [1.54, 1.807) is 0 Å². The van der Waals surface area contributed by atoms with Crippen LogP contribution in [0.5, 0.6) is 0 Å². The smallest absolute Gasteiger partial charge is 0.261 e. The number of carbonyl (C=O) groups excluding carboxylic acids is 1. The van der Waals surface area contributed by atoms with Crippen LogP contribution in [0, 0.1) is 0 Å². The maximum atomic E-state index is 11.9. The van der Waals surface area contributed by atoms with Crippen molar-refractivity contribution in [1.29, 1.82) is 0 Å². The average molecular weight is 256 g/mol. The van der Waals surface area contributed by atoms with Crippen LogP contribution in [-0.2, 0) is 4.79 Å². The summed E-state index contributed by atoms with van der Waals surface area (Å²) in [4.78, 5) is 10.1. The molecule has 0 saturated heterocycles. The van der Waals surface area contributed by atoms with Crippen LogP contribution in [0.3, 0.4) is 0 Å². The molecule has 0 aromatic carbocycles. The van der Waals surface area contributed by atoms with Gasteiger partial charge in [0.1, 0.15) is 0 Å². The molecule has 0 aromatic rings. The molecule has 0 N–H and O–H groups in total. The molecule has 0 aromatic heterocycles. The minimum absolute atomic E-state index is 0.114. The standard InChI is InChI=1S/C16H29FO/c1-2-3-4-5-6-7-8-9-10-11-12-13-14-15-16(17)18/h5-6H,2-4,7-15H2,1H3. The number of rotatable bonds is 13. The Hall–Kier alpha value is -0.660. The molecule has 0 spiro atoms. The third kappa shape index (κ3) is 15.3. The van der Waals surface area contributed by atoms with Crippen LogP contribution in [-0.4, -0.2) is 6.04 Å². The number of halogens is 1. The van der Waals surface area contributed by atoms with E-state index in [0.29, 0.717) is 0 Å². The molecule has 0 saturated carbocycles. The third-order valence-electron chi connectivity index (χ3n) is 3.14. The minimum atomic E-state index is -1.16. The van der Waals surface area contributed by atoms with Crippen LogP contribution in [0.15, 0.2) is 12.2 Å². The van der Waals surface area contributed by atoms with Crippen LogP contribution in [0.1, 0.15) is 84.0 Å². The Morgan fingerprint density at radius 1 is 0.833 bits per heavy atom. The predicted octanol–water partition coefficient (Wildman–Crippen LogP) is 5.74. The van der Waals surface area contributed by atoms with E-state index in [-0.39, 0.29) is 6.42 Å². The van der Waals surface area contributed by atoms with Crippen molar-refractivity contribution < 1.29 is 9.18 Å². The monoisotopic (exact) mass is 256 g/mol. The highest BCUT2D eigenvalue weighted by atomic mass is 19.1. The molecule has 0 atom stereocenters. The fourth-order valence-corrected chi connectivity index (χ4v) is 1.97. The number of allylic oxidation sites excluding steroid dienone is 2. The van der Waals surface area contributed by atoms with Crippen molar-refractivity contribution in [1.82, 2.24) is 0 Å². The molecule has 0 heterocycles. The molecule has 0 aliphatic rings. The van der Waals surface area contributed by atoms with Gasteiger partial charge < -0.3 is 0 Å². The van der Waals surface area contributed by atoms with E-state index in [2.05, 4.69) is 19.1 Å². The molecule has 0 radical (unpaired) electrons. The second kappa shape index (κ2) is 14.4. The summed E-state index contributed by atoms with van der Waals surface area (Å²) in [6.07, 6.45) is 17.7. The van der Waals surface area contributed by atoms with Gasteiger partial charge in [-0.3, -0.25) is 4.79 Å². The zero-order chi connectivity index (χ0) is 13.5. The van der Waals surface area contributed by atoms with Crippen molar-refractivity contribution in [3.8, 4) is 0 Å². The summed E-state index contributed by atoms with van der Waals surface area (Å²) in [6.45, 7) is 2.22. The van der Waals surface area contributed by atoms with Crippen molar-refractivity contribution in [2.45, 2.75) is 84.0 Å². The summed E-state index contributed by atoms with van der Waals surface area (Å²) in [5.74, 6) is 0. The quantitative estimate of drug-likeness (QED) is 0.233. The lowest BCUT2D eigenvalue weighted by molar-refractivity contribution is -0.129. The second-order valence-corrected chi connectivity index (χ2v) is 4.98. The first kappa shape index (κ1) is 17.3. The minimum Gasteiger partial charge on any atom is -0.261 e. The SMILES string of the molecule is CCCCC=CCCCCCCCCCC(=O)F. The van der Waals surface area contributed by atoms with E-state index >= 15 is 0 Å². The molecule has 106 valence electrons. The largest absolute Gasteiger partial charge is 0.301 e. The highest BCUT2D eigenvalue weighted by Gasteiger charge is 1.97. The van der Waals surface area contributed by atoms with Crippen molar-refractivity contribution >= 4 is 6.04 Å². The van der Waals surface area contributed by atoms with E-state index < -0.39 is 6.04 Å². The summed E-state index contributed by atoms with van der Waals surface area (Å²) in [6, 6.07) is -1.16. The van der Waals surface area contributed by atoms with Crippen LogP contribution in [0.2, 0.25) is 0 Å². The molecule has 0 amide bonds. The van der Waals surface area contributed by atoms with Crippen LogP contribution >= 0.6 is 0 Å². The Morgan fingerprint density at radius 3 is 1.89 bits per heavy atom. The molecule has 2 heteroatoms. The molecule has 0 aliphatic carbocycles. The van der Waals surface area contributed by atoms with E-state index in [9.17, 15) is 9.18 Å². The van der Waals surface area contributed by atoms with Crippen molar-refractivity contribution in [2.24, 2.45) is 0 Å². The summed E-state index contributed by atoms with van der Waals surface area (Å²) in [5.41, 5.74) is 0. The molecule has 18 heavy (non-hydrogen) atoms. The van der Waals surface area contributed by atoms with Crippen molar-refractivity contribution in [2.75, 3.05) is 0 Å². The van der Waals surface area contributed by atoms with Gasteiger partial charge in [-0.2, -0.15) is 4.39 Å². The second-order valence-electron chi connectivity index (χ2n) is 4.98. The zero-order valence-corrected chi connectivity index (χ0v) is 11.9. The van der Waals surface area contributed by atoms with E-state index in [0.717, 1.165) is 19.3 Å². The third-order valence-corrected chi connectivity index (χ3v) is 3.14. The lowest BCUT2D eigenvalue weighted by atomic mass is 10.1. The Balaban J connectivity index is 3.03. The summed E-state index contributed by atoms with van der Waals surface area (Å²) < 4.78 is 11.9. The first-order valence-corrected chi connectivity index (χ1v) is 7.60. The molecule has 0 bridgehead atoms. The maximum absolute atomic E-state index is 11.9. The Kier molecular flexibility index (Phi) is 13.9. The Labute approximate surface area is 112 Å². The van der Waals surface area contributed by atoms with Gasteiger partial charge in [0.15, 0.2) is 0 Å². The number of hydrogen-bond donors (Lipinski definition) is 0. The van der Waals surface area contributed by atoms with Crippen LogP contribution in [0.4, 0.5) is 4.39 Å². The first-order chi connectivity index (χ1) is 8.77. The van der Waals surface area contributed by atoms with Gasteiger partial charge in [0.05, 0.1) is 0 Å². The number of carbonyl (C=O) groups is 1. The maximum Gasteiger partial charge on any atom is 0.301 e. The molecule has 0 fully saturated rings. The highest BCUT2D eigenvalue weighted by Crippen LogP contribution is 2.10. The van der Waals surface area contributed by atoms with Gasteiger partial charge in [-0.25, -0.2) is 0 Å². The van der Waals surface area contributed by atoms with Crippen molar-refractivity contribution in [3.63, 3.8) is 0 Å². The lowest BCUT2D eigenvalue weighted by Gasteiger charge is -1.99. The fraction of sp³-hybridized carbons (Fsp3) is 0.812. The summed E-state index contributed by atoms with van der Waals surface area (Å²) >= 11 is 0. The van der Waals surface area contributed by atoms with E-state index in [4.69, 9.17) is 0 Å². The van der Waals surface area contributed by atoms with Gasteiger partial charge in [0.25, 0.3) is 0 Å². The molecule has 1 nitrogen and oxygen atoms in total. The molecule has 0 aliphatic heterocycles. The molecule has 0 unspecified atom stereocenters. The van der Waals surface area contributed by atoms with Crippen LogP contribution < -0.4 is 0 Å². The normalized spacial score (nSPS) is 11.2.